The lowest BCUT2D eigenvalue weighted by atomic mass is 10.2. The van der Waals surface area contributed by atoms with Crippen molar-refractivity contribution in [3.8, 4) is 11.5 Å². The van der Waals surface area contributed by atoms with Crippen LogP contribution in [0.15, 0.2) is 71.9 Å². The van der Waals surface area contributed by atoms with Gasteiger partial charge in [-0.3, -0.25) is 4.98 Å². The molecular weight excluding hydrogens is 328 g/mol. The summed E-state index contributed by atoms with van der Waals surface area (Å²) < 4.78 is 5.80. The summed E-state index contributed by atoms with van der Waals surface area (Å²) in [5.41, 5.74) is 1.91. The molecule has 116 valence electrons. The Bertz CT molecular complexity index is 796. The van der Waals surface area contributed by atoms with Gasteiger partial charge in [-0.15, -0.1) is 12.6 Å². The van der Waals surface area contributed by atoms with Crippen molar-refractivity contribution in [1.29, 1.82) is 0 Å². The van der Waals surface area contributed by atoms with Gasteiger partial charge < -0.3 is 10.1 Å². The lowest BCUT2D eigenvalue weighted by Crippen LogP contribution is -2.01. The van der Waals surface area contributed by atoms with Crippen LogP contribution in [0, 0.1) is 0 Å². The highest BCUT2D eigenvalue weighted by atomic mass is 35.5. The summed E-state index contributed by atoms with van der Waals surface area (Å²) in [6.45, 7) is 0.604. The van der Waals surface area contributed by atoms with Gasteiger partial charge in [-0.1, -0.05) is 23.7 Å². The van der Waals surface area contributed by atoms with Crippen LogP contribution in [0.1, 0.15) is 5.56 Å². The van der Waals surface area contributed by atoms with Gasteiger partial charge in [-0.05, 0) is 48.0 Å². The van der Waals surface area contributed by atoms with Gasteiger partial charge in [0, 0.05) is 17.6 Å². The highest BCUT2D eigenvalue weighted by molar-refractivity contribution is 7.80. The fourth-order valence-corrected chi connectivity index (χ4v) is 2.53. The molecule has 3 nitrogen and oxygen atoms in total. The molecule has 0 fully saturated rings. The Morgan fingerprint density at radius 2 is 1.91 bits per heavy atom. The van der Waals surface area contributed by atoms with Crippen LogP contribution in [-0.4, -0.2) is 4.98 Å². The average molecular weight is 343 g/mol. The zero-order valence-electron chi connectivity index (χ0n) is 12.2. The lowest BCUT2D eigenvalue weighted by Gasteiger charge is -2.12. The van der Waals surface area contributed by atoms with Crippen molar-refractivity contribution < 1.29 is 4.74 Å². The van der Waals surface area contributed by atoms with E-state index in [1.165, 1.54) is 0 Å². The summed E-state index contributed by atoms with van der Waals surface area (Å²) in [7, 11) is 0. The Morgan fingerprint density at radius 3 is 2.70 bits per heavy atom. The predicted molar refractivity (Wildman–Crippen MR) is 96.8 cm³/mol. The van der Waals surface area contributed by atoms with Crippen molar-refractivity contribution in [2.24, 2.45) is 0 Å². The number of hydrogen-bond acceptors (Lipinski definition) is 4. The lowest BCUT2D eigenvalue weighted by molar-refractivity contribution is 0.479. The maximum Gasteiger partial charge on any atom is 0.145 e. The SMILES string of the molecule is Sc1ccc(Oc2cccnc2)cc1CNc1ccccc1Cl. The smallest absolute Gasteiger partial charge is 0.145 e. The van der Waals surface area contributed by atoms with E-state index in [4.69, 9.17) is 16.3 Å². The molecule has 0 bridgehead atoms. The van der Waals surface area contributed by atoms with E-state index in [2.05, 4.69) is 22.9 Å². The Labute approximate surface area is 145 Å². The maximum absolute atomic E-state index is 6.16. The van der Waals surface area contributed by atoms with Crippen LogP contribution in [0.5, 0.6) is 11.5 Å². The summed E-state index contributed by atoms with van der Waals surface area (Å²) in [6.07, 6.45) is 3.39. The molecule has 3 rings (SSSR count). The molecule has 0 unspecified atom stereocenters. The van der Waals surface area contributed by atoms with E-state index in [1.54, 1.807) is 12.4 Å². The third-order valence-corrected chi connectivity index (χ3v) is 4.03. The molecule has 0 radical (unpaired) electrons. The summed E-state index contributed by atoms with van der Waals surface area (Å²) in [4.78, 5) is 4.93. The molecule has 0 aliphatic heterocycles. The topological polar surface area (TPSA) is 34.1 Å². The molecule has 1 heterocycles. The normalized spacial score (nSPS) is 10.3. The van der Waals surface area contributed by atoms with Gasteiger partial charge in [0.1, 0.15) is 11.5 Å². The Kier molecular flexibility index (Phi) is 5.05. The van der Waals surface area contributed by atoms with Gasteiger partial charge in [0.2, 0.25) is 0 Å². The van der Waals surface area contributed by atoms with Gasteiger partial charge in [0.05, 0.1) is 16.9 Å². The highest BCUT2D eigenvalue weighted by Gasteiger charge is 2.05. The van der Waals surface area contributed by atoms with Crippen molar-refractivity contribution in [3.63, 3.8) is 0 Å². The minimum atomic E-state index is 0.604. The third kappa shape index (κ3) is 4.18. The minimum absolute atomic E-state index is 0.604. The van der Waals surface area contributed by atoms with E-state index in [9.17, 15) is 0 Å². The van der Waals surface area contributed by atoms with Crippen LogP contribution in [0.2, 0.25) is 5.02 Å². The largest absolute Gasteiger partial charge is 0.456 e. The molecule has 0 saturated heterocycles. The Balaban J connectivity index is 1.74. The monoisotopic (exact) mass is 342 g/mol. The van der Waals surface area contributed by atoms with E-state index in [0.29, 0.717) is 17.3 Å². The van der Waals surface area contributed by atoms with Crippen molar-refractivity contribution >= 4 is 29.9 Å². The van der Waals surface area contributed by atoms with E-state index in [0.717, 1.165) is 21.9 Å². The number of halogens is 1. The first kappa shape index (κ1) is 15.7. The molecule has 2 aromatic carbocycles. The first-order valence-corrected chi connectivity index (χ1v) is 7.93. The Hall–Kier alpha value is -2.17. The molecule has 0 atom stereocenters. The highest BCUT2D eigenvalue weighted by Crippen LogP contribution is 2.27. The predicted octanol–water partition coefficient (Wildman–Crippen LogP) is 5.43. The number of hydrogen-bond donors (Lipinski definition) is 2. The van der Waals surface area contributed by atoms with Crippen LogP contribution in [0.25, 0.3) is 0 Å². The van der Waals surface area contributed by atoms with Gasteiger partial charge in [0.15, 0.2) is 0 Å². The molecule has 23 heavy (non-hydrogen) atoms. The number of pyridine rings is 1. The summed E-state index contributed by atoms with van der Waals surface area (Å²) in [5.74, 6) is 1.44. The van der Waals surface area contributed by atoms with Crippen molar-refractivity contribution in [2.75, 3.05) is 5.32 Å². The van der Waals surface area contributed by atoms with Crippen molar-refractivity contribution in [2.45, 2.75) is 11.4 Å². The average Bonchev–Trinajstić information content (AvgIpc) is 2.57. The number of benzene rings is 2. The third-order valence-electron chi connectivity index (χ3n) is 3.26. The first-order chi connectivity index (χ1) is 11.2. The molecule has 1 aromatic heterocycles. The van der Waals surface area contributed by atoms with Crippen molar-refractivity contribution in [3.05, 3.63) is 77.6 Å². The number of para-hydroxylation sites is 1. The number of nitrogens with zero attached hydrogens (tertiary/aromatic N) is 1. The quantitative estimate of drug-likeness (QED) is 0.607. The molecule has 5 heteroatoms. The summed E-state index contributed by atoms with van der Waals surface area (Å²) >= 11 is 10.7. The number of aromatic nitrogens is 1. The van der Waals surface area contributed by atoms with Gasteiger partial charge in [0.25, 0.3) is 0 Å². The summed E-state index contributed by atoms with van der Waals surface area (Å²) in [6, 6.07) is 17.1. The standard InChI is InChI=1S/C18H15ClN2OS/c19-16-5-1-2-6-17(16)21-11-13-10-14(7-8-18(13)23)22-15-4-3-9-20-12-15/h1-10,12,21,23H,11H2. The van der Waals surface area contributed by atoms with Crippen LogP contribution >= 0.6 is 24.2 Å². The van der Waals surface area contributed by atoms with Crippen molar-refractivity contribution in [1.82, 2.24) is 4.98 Å². The molecule has 3 aromatic rings. The van der Waals surface area contributed by atoms with Gasteiger partial charge in [-0.25, -0.2) is 0 Å². The number of rotatable bonds is 5. The zero-order valence-corrected chi connectivity index (χ0v) is 13.9. The van der Waals surface area contributed by atoms with E-state index in [-0.39, 0.29) is 0 Å². The minimum Gasteiger partial charge on any atom is -0.456 e. The van der Waals surface area contributed by atoms with Crippen LogP contribution in [-0.2, 0) is 6.54 Å². The van der Waals surface area contributed by atoms with Crippen LogP contribution in [0.3, 0.4) is 0 Å². The summed E-state index contributed by atoms with van der Waals surface area (Å²) in [5, 5.41) is 4.00. The zero-order chi connectivity index (χ0) is 16.1. The van der Waals surface area contributed by atoms with E-state index in [1.807, 2.05) is 54.6 Å². The molecule has 1 N–H and O–H groups in total. The maximum atomic E-state index is 6.16. The van der Waals surface area contributed by atoms with Crippen LogP contribution in [0.4, 0.5) is 5.69 Å². The second-order valence-electron chi connectivity index (χ2n) is 4.91. The van der Waals surface area contributed by atoms with Gasteiger partial charge >= 0.3 is 0 Å². The molecule has 0 aliphatic carbocycles. The number of anilines is 1. The van der Waals surface area contributed by atoms with Gasteiger partial charge in [-0.2, -0.15) is 0 Å². The molecular formula is C18H15ClN2OS. The van der Waals surface area contributed by atoms with E-state index >= 15 is 0 Å². The second-order valence-corrected chi connectivity index (χ2v) is 5.80. The second kappa shape index (κ2) is 7.40. The number of thiol groups is 1. The molecule has 0 spiro atoms. The Morgan fingerprint density at radius 1 is 1.04 bits per heavy atom. The number of nitrogens with one attached hydrogen (secondary N) is 1. The fraction of sp³-hybridized carbons (Fsp3) is 0.0556. The van der Waals surface area contributed by atoms with Crippen LogP contribution < -0.4 is 10.1 Å². The number of ether oxygens (including phenoxy) is 1. The molecule has 0 saturated carbocycles. The fourth-order valence-electron chi connectivity index (χ4n) is 2.11. The first-order valence-electron chi connectivity index (χ1n) is 7.10. The van der Waals surface area contributed by atoms with E-state index < -0.39 is 0 Å². The molecule has 0 amide bonds. The molecule has 0 aliphatic rings.